The van der Waals surface area contributed by atoms with Crippen LogP contribution in [0.3, 0.4) is 0 Å². The molecule has 2 unspecified atom stereocenters. The van der Waals surface area contributed by atoms with E-state index in [9.17, 15) is 24.6 Å². The molecule has 1 aromatic carbocycles. The molecule has 0 radical (unpaired) electrons. The number of methoxy groups -OCH3 is 1. The number of fused-ring (bicyclic) bond motifs is 3. The number of benzene rings is 1. The highest BCUT2D eigenvalue weighted by Crippen LogP contribution is 2.45. The normalized spacial score (nSPS) is 41.5. The van der Waals surface area contributed by atoms with Crippen molar-refractivity contribution in [1.82, 2.24) is 20.5 Å². The lowest BCUT2D eigenvalue weighted by atomic mass is 9.75. The number of aromatic nitrogens is 1. The molecule has 0 saturated carbocycles. The number of para-hydroxylation sites is 1. The Morgan fingerprint density at radius 1 is 0.970 bits per heavy atom. The summed E-state index contributed by atoms with van der Waals surface area (Å²) >= 11 is 0. The van der Waals surface area contributed by atoms with Gasteiger partial charge in [-0.25, -0.2) is 0 Å². The maximum atomic E-state index is 14.5. The molecule has 4 N–H and O–H groups in total. The third kappa shape index (κ3) is 10.8. The van der Waals surface area contributed by atoms with Crippen LogP contribution >= 0.6 is 0 Å². The largest absolute Gasteiger partial charge is 0.459 e. The Hall–Kier alpha value is -3.16. The minimum absolute atomic E-state index is 0.118. The Morgan fingerprint density at radius 3 is 2.36 bits per heavy atom. The molecule has 2 bridgehead atoms. The molecule has 4 aliphatic rings. The Labute approximate surface area is 391 Å². The molecule has 0 aliphatic carbocycles. The smallest absolute Gasteiger partial charge is 0.311 e. The van der Waals surface area contributed by atoms with Crippen LogP contribution in [0.5, 0.6) is 0 Å². The van der Waals surface area contributed by atoms with Gasteiger partial charge in [-0.15, -0.1) is 0 Å². The van der Waals surface area contributed by atoms with Gasteiger partial charge in [-0.2, -0.15) is 0 Å². The summed E-state index contributed by atoms with van der Waals surface area (Å²) in [4.78, 5) is 48.9. The molecule has 16 heteroatoms. The van der Waals surface area contributed by atoms with E-state index in [1.54, 1.807) is 41.0 Å². The Bertz CT molecular complexity index is 1980. The summed E-state index contributed by atoms with van der Waals surface area (Å²) in [6.45, 7) is 19.6. The zero-order valence-corrected chi connectivity index (χ0v) is 41.4. The van der Waals surface area contributed by atoms with E-state index >= 15 is 0 Å². The first-order valence-electron chi connectivity index (χ1n) is 24.0. The van der Waals surface area contributed by atoms with E-state index in [2.05, 4.69) is 15.6 Å². The topological polar surface area (TPSA) is 196 Å². The highest BCUT2D eigenvalue weighted by atomic mass is 16.7. The Kier molecular flexibility index (Phi) is 16.8. The predicted octanol–water partition coefficient (Wildman–Crippen LogP) is 4.54. The van der Waals surface area contributed by atoms with Crippen LogP contribution in [-0.4, -0.2) is 150 Å². The number of ether oxygens (including phenoxy) is 7. The van der Waals surface area contributed by atoms with Gasteiger partial charge in [0.1, 0.15) is 12.2 Å². The highest BCUT2D eigenvalue weighted by molar-refractivity contribution is 5.92. The lowest BCUT2D eigenvalue weighted by Gasteiger charge is -2.49. The van der Waals surface area contributed by atoms with Crippen LogP contribution in [0.15, 0.2) is 36.5 Å². The van der Waals surface area contributed by atoms with Crippen LogP contribution in [0.4, 0.5) is 0 Å². The standard InChI is InChI=1S/C50H78N4O12/c1-14-37-50(10)43(56)29(4)41(66-50)27(2)24-48(8,59)44(65-47-40(55)36(54(11)12)23-28(3)61-47)30(5)42(31(6)46(58)63-37)64-38-25-49(9,60-13)39(32(7)62-38)45(57)53-22-21-51-26-33-19-20-52-35-18-16-15-17-34(33)35/h15-20,27-32,36-42,44,47,51,55,59H,14,21-26H2,1-13H3,(H,53,57)/t27-,28-,29-,30+,31-,32+,36+,37+,38+,39?,40-,41-,42+,44-,47+,48-,49-,50?/m1/s1. The van der Waals surface area contributed by atoms with Crippen LogP contribution in [0.2, 0.25) is 0 Å². The molecule has 1 amide bonds. The van der Waals surface area contributed by atoms with Crippen molar-refractivity contribution in [3.8, 4) is 0 Å². The number of carbonyl (C=O) groups excluding carboxylic acids is 3. The fourth-order valence-corrected chi connectivity index (χ4v) is 11.4. The summed E-state index contributed by atoms with van der Waals surface area (Å²) in [6, 6.07) is 9.67. The summed E-state index contributed by atoms with van der Waals surface area (Å²) < 4.78 is 45.6. The van der Waals surface area contributed by atoms with E-state index in [1.165, 1.54) is 0 Å². The number of aliphatic hydroxyl groups excluding tert-OH is 1. The molecule has 4 aliphatic heterocycles. The average Bonchev–Trinajstić information content (AvgIpc) is 3.50. The van der Waals surface area contributed by atoms with Crippen molar-refractivity contribution in [1.29, 1.82) is 0 Å². The number of ketones is 1. The van der Waals surface area contributed by atoms with Crippen molar-refractivity contribution < 1.29 is 57.8 Å². The SMILES string of the molecule is CC[C@@H]1OC(=O)[C@H](C)[C@@H](O[C@H]2C[C@@](C)(OC)C(C(=O)NCCNCc3ccnc4ccccc34)[C@H](C)O2)[C@H](C)[C@@H](O[C@@H]2O[C@H](C)C[C@H](N(C)C)[C@H]2O)[C@](C)(O)C[C@@H](C)[C@H]2OC1(C)C(=O)[C@@H]2C. The molecular formula is C50H78N4O12. The van der Waals surface area contributed by atoms with Crippen molar-refractivity contribution in [2.45, 2.75) is 180 Å². The summed E-state index contributed by atoms with van der Waals surface area (Å²) in [5.74, 6) is -4.41. The number of rotatable bonds is 13. The summed E-state index contributed by atoms with van der Waals surface area (Å²) in [6.07, 6.45) is -4.85. The molecule has 2 aromatic rings. The van der Waals surface area contributed by atoms with Crippen LogP contribution in [0.1, 0.15) is 100 Å². The lowest BCUT2D eigenvalue weighted by Crippen LogP contribution is -2.61. The van der Waals surface area contributed by atoms with E-state index < -0.39 is 95.6 Å². The number of nitrogens with zero attached hydrogens (tertiary/aromatic N) is 2. The molecule has 4 saturated heterocycles. The first-order chi connectivity index (χ1) is 31.1. The molecule has 18 atom stereocenters. The van der Waals surface area contributed by atoms with Gasteiger partial charge in [-0.3, -0.25) is 19.4 Å². The molecule has 5 heterocycles. The molecular weight excluding hydrogens is 849 g/mol. The van der Waals surface area contributed by atoms with E-state index in [1.807, 2.05) is 90.9 Å². The second-order valence-corrected chi connectivity index (χ2v) is 20.5. The second-order valence-electron chi connectivity index (χ2n) is 20.5. The fourth-order valence-electron chi connectivity index (χ4n) is 11.4. The maximum absolute atomic E-state index is 14.5. The van der Waals surface area contributed by atoms with Crippen molar-refractivity contribution in [3.05, 3.63) is 42.1 Å². The minimum atomic E-state index is -1.64. The minimum Gasteiger partial charge on any atom is -0.459 e. The van der Waals surface area contributed by atoms with Crippen molar-refractivity contribution in [3.63, 3.8) is 0 Å². The van der Waals surface area contributed by atoms with Gasteiger partial charge in [-0.05, 0) is 98.5 Å². The highest BCUT2D eigenvalue weighted by Gasteiger charge is 2.59. The first-order valence-corrected chi connectivity index (χ1v) is 24.0. The molecule has 6 rings (SSSR count). The third-order valence-electron chi connectivity index (χ3n) is 15.1. The number of esters is 1. The van der Waals surface area contributed by atoms with Gasteiger partial charge in [0.05, 0.1) is 59.1 Å². The van der Waals surface area contributed by atoms with E-state index in [0.29, 0.717) is 32.5 Å². The zero-order valence-electron chi connectivity index (χ0n) is 41.4. The number of cyclic esters (lactones) is 1. The number of hydrogen-bond acceptors (Lipinski definition) is 15. The third-order valence-corrected chi connectivity index (χ3v) is 15.1. The Morgan fingerprint density at radius 2 is 1.68 bits per heavy atom. The number of Topliss-reactive ketones (excluding diaryl/α,β-unsaturated/α-hetero) is 1. The van der Waals surface area contributed by atoms with Gasteiger partial charge >= 0.3 is 5.97 Å². The Balaban J connectivity index is 1.25. The number of nitrogens with one attached hydrogen (secondary N) is 2. The zero-order chi connectivity index (χ0) is 48.5. The summed E-state index contributed by atoms with van der Waals surface area (Å²) in [5, 5.41) is 32.0. The van der Waals surface area contributed by atoms with Crippen LogP contribution in [0, 0.1) is 29.6 Å². The molecule has 66 heavy (non-hydrogen) atoms. The summed E-state index contributed by atoms with van der Waals surface area (Å²) in [5.41, 5.74) is -2.08. The number of carbonyl (C=O) groups is 3. The predicted molar refractivity (Wildman–Crippen MR) is 247 cm³/mol. The van der Waals surface area contributed by atoms with Gasteiger partial charge in [0.15, 0.2) is 24.0 Å². The fraction of sp³-hybridized carbons (Fsp3) is 0.760. The number of aliphatic hydroxyl groups is 2. The number of pyridine rings is 1. The van der Waals surface area contributed by atoms with Gasteiger partial charge in [0.25, 0.3) is 0 Å². The van der Waals surface area contributed by atoms with Gasteiger partial charge < -0.3 is 58.9 Å². The van der Waals surface area contributed by atoms with Gasteiger partial charge in [0, 0.05) is 62.6 Å². The van der Waals surface area contributed by atoms with E-state index in [-0.39, 0.29) is 42.6 Å². The second kappa shape index (κ2) is 21.2. The lowest BCUT2D eigenvalue weighted by molar-refractivity contribution is -0.313. The molecule has 1 aromatic heterocycles. The number of likely N-dealkylation sites (N-methyl/N-ethyl adjacent to an activating group) is 1. The molecule has 4 fully saturated rings. The van der Waals surface area contributed by atoms with Gasteiger partial charge in [0.2, 0.25) is 5.91 Å². The van der Waals surface area contributed by atoms with Crippen LogP contribution in [-0.2, 0) is 54.1 Å². The van der Waals surface area contributed by atoms with Crippen molar-refractivity contribution >= 4 is 28.6 Å². The molecule has 16 nitrogen and oxygen atoms in total. The van der Waals surface area contributed by atoms with Crippen molar-refractivity contribution in [2.24, 2.45) is 29.6 Å². The summed E-state index contributed by atoms with van der Waals surface area (Å²) in [7, 11) is 5.33. The first kappa shape index (κ1) is 52.2. The van der Waals surface area contributed by atoms with E-state index in [0.717, 1.165) is 16.5 Å². The van der Waals surface area contributed by atoms with Crippen molar-refractivity contribution in [2.75, 3.05) is 34.3 Å². The monoisotopic (exact) mass is 927 g/mol. The average molecular weight is 927 g/mol. The molecule has 0 spiro atoms. The van der Waals surface area contributed by atoms with Crippen LogP contribution in [0.25, 0.3) is 10.9 Å². The number of hydrogen-bond donors (Lipinski definition) is 4. The number of amides is 1. The van der Waals surface area contributed by atoms with Gasteiger partial charge in [-0.1, -0.05) is 45.9 Å². The molecule has 370 valence electrons. The quantitative estimate of drug-likeness (QED) is 0.161. The van der Waals surface area contributed by atoms with Crippen LogP contribution < -0.4 is 10.6 Å². The maximum Gasteiger partial charge on any atom is 0.311 e. The van der Waals surface area contributed by atoms with E-state index in [4.69, 9.17) is 33.2 Å².